The van der Waals surface area contributed by atoms with E-state index in [1.165, 1.54) is 0 Å². The SMILES string of the molecule is O=C(CN1c2ccccc2NC2=C(C(=O)CCC2)[C@H]1c1ccco1)NCc1ccccn1. The summed E-state index contributed by atoms with van der Waals surface area (Å²) in [6.07, 6.45) is 5.39. The minimum atomic E-state index is -0.482. The van der Waals surface area contributed by atoms with E-state index in [0.717, 1.165) is 35.6 Å². The molecule has 32 heavy (non-hydrogen) atoms. The maximum Gasteiger partial charge on any atom is 0.239 e. The number of carbonyl (C=O) groups is 2. The maximum absolute atomic E-state index is 13.1. The van der Waals surface area contributed by atoms with Crippen LogP contribution in [0.5, 0.6) is 0 Å². The molecule has 0 radical (unpaired) electrons. The second kappa shape index (κ2) is 8.70. The van der Waals surface area contributed by atoms with Crippen LogP contribution in [0.4, 0.5) is 11.4 Å². The van der Waals surface area contributed by atoms with Crippen molar-refractivity contribution in [2.45, 2.75) is 31.8 Å². The van der Waals surface area contributed by atoms with Crippen LogP contribution in [0, 0.1) is 0 Å². The molecule has 1 aliphatic heterocycles. The smallest absolute Gasteiger partial charge is 0.239 e. The van der Waals surface area contributed by atoms with Crippen LogP contribution in [-0.2, 0) is 16.1 Å². The maximum atomic E-state index is 13.1. The molecule has 1 aromatic carbocycles. The highest BCUT2D eigenvalue weighted by atomic mass is 16.3. The molecule has 0 saturated heterocycles. The van der Waals surface area contributed by atoms with Crippen molar-refractivity contribution < 1.29 is 14.0 Å². The number of anilines is 2. The fourth-order valence-corrected chi connectivity index (χ4v) is 4.42. The van der Waals surface area contributed by atoms with Crippen LogP contribution in [0.2, 0.25) is 0 Å². The van der Waals surface area contributed by atoms with Crippen LogP contribution >= 0.6 is 0 Å². The fraction of sp³-hybridized carbons (Fsp3) is 0.240. The number of hydrogen-bond acceptors (Lipinski definition) is 6. The van der Waals surface area contributed by atoms with Gasteiger partial charge in [0.15, 0.2) is 5.78 Å². The number of allylic oxidation sites excluding steroid dienone is 1. The topological polar surface area (TPSA) is 87.5 Å². The molecule has 1 atom stereocenters. The Hall–Kier alpha value is -3.87. The molecule has 7 nitrogen and oxygen atoms in total. The van der Waals surface area contributed by atoms with Crippen molar-refractivity contribution in [3.63, 3.8) is 0 Å². The summed E-state index contributed by atoms with van der Waals surface area (Å²) in [7, 11) is 0. The monoisotopic (exact) mass is 428 g/mol. The molecule has 5 rings (SSSR count). The lowest BCUT2D eigenvalue weighted by Crippen LogP contribution is -2.41. The third-order valence-corrected chi connectivity index (χ3v) is 5.86. The zero-order chi connectivity index (χ0) is 21.9. The van der Waals surface area contributed by atoms with E-state index < -0.39 is 6.04 Å². The Bertz CT molecular complexity index is 1150. The number of ketones is 1. The lowest BCUT2D eigenvalue weighted by Gasteiger charge is -2.33. The Morgan fingerprint density at radius 3 is 2.81 bits per heavy atom. The Kier molecular flexibility index (Phi) is 5.46. The molecule has 162 valence electrons. The van der Waals surface area contributed by atoms with Crippen molar-refractivity contribution in [2.75, 3.05) is 16.8 Å². The zero-order valence-electron chi connectivity index (χ0n) is 17.6. The van der Waals surface area contributed by atoms with Crippen molar-refractivity contribution in [3.05, 3.63) is 89.8 Å². The first kappa shape index (κ1) is 20.1. The second-order valence-corrected chi connectivity index (χ2v) is 7.95. The van der Waals surface area contributed by atoms with Gasteiger partial charge in [-0.3, -0.25) is 14.6 Å². The molecule has 7 heteroatoms. The molecule has 2 aromatic heterocycles. The number of rotatable bonds is 5. The summed E-state index contributed by atoms with van der Waals surface area (Å²) < 4.78 is 5.78. The molecule has 0 bridgehead atoms. The summed E-state index contributed by atoms with van der Waals surface area (Å²) in [6.45, 7) is 0.409. The van der Waals surface area contributed by atoms with Crippen LogP contribution in [0.3, 0.4) is 0 Å². The number of pyridine rings is 1. The van der Waals surface area contributed by atoms with Crippen molar-refractivity contribution >= 4 is 23.1 Å². The number of Topliss-reactive ketones (excluding diaryl/α,β-unsaturated/α-hetero) is 1. The molecule has 0 spiro atoms. The van der Waals surface area contributed by atoms with E-state index in [4.69, 9.17) is 4.42 Å². The van der Waals surface area contributed by atoms with Crippen LogP contribution in [-0.4, -0.2) is 23.2 Å². The number of nitrogens with zero attached hydrogens (tertiary/aromatic N) is 2. The van der Waals surface area contributed by atoms with Gasteiger partial charge >= 0.3 is 0 Å². The van der Waals surface area contributed by atoms with E-state index in [0.29, 0.717) is 24.3 Å². The normalized spacial score (nSPS) is 17.8. The average Bonchev–Trinajstić information content (AvgIpc) is 3.30. The van der Waals surface area contributed by atoms with E-state index in [1.54, 1.807) is 12.5 Å². The van der Waals surface area contributed by atoms with Gasteiger partial charge in [-0.05, 0) is 49.2 Å². The van der Waals surface area contributed by atoms with Gasteiger partial charge in [0, 0.05) is 23.9 Å². The van der Waals surface area contributed by atoms with E-state index in [9.17, 15) is 9.59 Å². The van der Waals surface area contributed by atoms with E-state index in [2.05, 4.69) is 15.6 Å². The molecule has 0 saturated carbocycles. The number of hydrogen-bond donors (Lipinski definition) is 2. The predicted octanol–water partition coefficient (Wildman–Crippen LogP) is 3.97. The first-order valence-electron chi connectivity index (χ1n) is 10.8. The van der Waals surface area contributed by atoms with Gasteiger partial charge in [-0.1, -0.05) is 18.2 Å². The molecular weight excluding hydrogens is 404 g/mol. The first-order chi connectivity index (χ1) is 15.7. The molecule has 2 aliphatic rings. The summed E-state index contributed by atoms with van der Waals surface area (Å²) in [5.41, 5.74) is 4.10. The number of aromatic nitrogens is 1. The third kappa shape index (κ3) is 3.89. The lowest BCUT2D eigenvalue weighted by atomic mass is 9.88. The number of amides is 1. The van der Waals surface area contributed by atoms with Crippen LogP contribution < -0.4 is 15.5 Å². The molecule has 3 heterocycles. The summed E-state index contributed by atoms with van der Waals surface area (Å²) in [5, 5.41) is 6.43. The highest BCUT2D eigenvalue weighted by Gasteiger charge is 2.38. The molecule has 3 aromatic rings. The fourth-order valence-electron chi connectivity index (χ4n) is 4.42. The van der Waals surface area contributed by atoms with Crippen molar-refractivity contribution in [2.24, 2.45) is 0 Å². The molecule has 1 aliphatic carbocycles. The quantitative estimate of drug-likeness (QED) is 0.639. The molecule has 0 fully saturated rings. The van der Waals surface area contributed by atoms with Gasteiger partial charge < -0.3 is 20.0 Å². The summed E-state index contributed by atoms with van der Waals surface area (Å²) >= 11 is 0. The molecular formula is C25H24N4O3. The van der Waals surface area contributed by atoms with Crippen molar-refractivity contribution in [1.29, 1.82) is 0 Å². The predicted molar refractivity (Wildman–Crippen MR) is 121 cm³/mol. The van der Waals surface area contributed by atoms with Crippen molar-refractivity contribution in [3.8, 4) is 0 Å². The average molecular weight is 428 g/mol. The van der Waals surface area contributed by atoms with Gasteiger partial charge in [-0.2, -0.15) is 0 Å². The Morgan fingerprint density at radius 2 is 2.00 bits per heavy atom. The Labute approximate surface area is 186 Å². The number of fused-ring (bicyclic) bond motifs is 1. The van der Waals surface area contributed by atoms with Crippen LogP contribution in [0.15, 0.2) is 82.7 Å². The first-order valence-corrected chi connectivity index (χ1v) is 10.8. The van der Waals surface area contributed by atoms with Crippen LogP contribution in [0.25, 0.3) is 0 Å². The minimum absolute atomic E-state index is 0.0704. The van der Waals surface area contributed by atoms with E-state index >= 15 is 0 Å². The number of nitrogens with one attached hydrogen (secondary N) is 2. The lowest BCUT2D eigenvalue weighted by molar-refractivity contribution is -0.120. The standard InChI is InChI=1S/C25H24N4O3/c30-21-11-5-9-19-24(21)25(22-12-6-14-32-22)29(20-10-2-1-8-18(20)28-19)16-23(31)27-15-17-7-3-4-13-26-17/h1-4,6-8,10,12-14,25,28H,5,9,11,15-16H2,(H,27,31)/t25-/m1/s1. The second-order valence-electron chi connectivity index (χ2n) is 7.95. The minimum Gasteiger partial charge on any atom is -0.467 e. The number of furan rings is 1. The van der Waals surface area contributed by atoms with Gasteiger partial charge in [0.1, 0.15) is 11.8 Å². The van der Waals surface area contributed by atoms with Gasteiger partial charge in [0.05, 0.1) is 36.4 Å². The van der Waals surface area contributed by atoms with Gasteiger partial charge in [0.2, 0.25) is 5.91 Å². The third-order valence-electron chi connectivity index (χ3n) is 5.86. The van der Waals surface area contributed by atoms with Gasteiger partial charge in [0.25, 0.3) is 0 Å². The summed E-state index contributed by atoms with van der Waals surface area (Å²) in [6, 6.07) is 16.6. The van der Waals surface area contributed by atoms with E-state index in [1.807, 2.05) is 59.5 Å². The molecule has 1 amide bonds. The highest BCUT2D eigenvalue weighted by molar-refractivity contribution is 6.01. The molecule has 0 unspecified atom stereocenters. The molecule has 2 N–H and O–H groups in total. The summed E-state index contributed by atoms with van der Waals surface area (Å²) in [5.74, 6) is 0.574. The number of benzene rings is 1. The number of carbonyl (C=O) groups excluding carboxylic acids is 2. The van der Waals surface area contributed by atoms with Crippen LogP contribution in [0.1, 0.15) is 36.8 Å². The number of para-hydroxylation sites is 2. The van der Waals surface area contributed by atoms with Gasteiger partial charge in [-0.15, -0.1) is 0 Å². The van der Waals surface area contributed by atoms with Crippen molar-refractivity contribution in [1.82, 2.24) is 10.3 Å². The van der Waals surface area contributed by atoms with E-state index in [-0.39, 0.29) is 18.2 Å². The largest absolute Gasteiger partial charge is 0.467 e. The Morgan fingerprint density at radius 1 is 1.12 bits per heavy atom. The summed E-state index contributed by atoms with van der Waals surface area (Å²) in [4.78, 5) is 32.4. The zero-order valence-corrected chi connectivity index (χ0v) is 17.6. The Balaban J connectivity index is 1.52. The highest BCUT2D eigenvalue weighted by Crippen LogP contribution is 2.44. The van der Waals surface area contributed by atoms with Gasteiger partial charge in [-0.25, -0.2) is 0 Å².